The van der Waals surface area contributed by atoms with Gasteiger partial charge >= 0.3 is 6.09 Å². The minimum atomic E-state index is -0.473. The average Bonchev–Trinajstić information content (AvgIpc) is 2.80. The van der Waals surface area contributed by atoms with Crippen LogP contribution in [0.5, 0.6) is 0 Å². The number of guanidine groups is 1. The van der Waals surface area contributed by atoms with Gasteiger partial charge < -0.3 is 19.9 Å². The third-order valence-corrected chi connectivity index (χ3v) is 3.45. The van der Waals surface area contributed by atoms with Crippen molar-refractivity contribution in [1.29, 1.82) is 0 Å². The van der Waals surface area contributed by atoms with Crippen molar-refractivity contribution in [3.05, 3.63) is 0 Å². The van der Waals surface area contributed by atoms with E-state index in [1.54, 1.807) is 4.90 Å². The molecular weight excluding hydrogens is 275 g/mol. The highest BCUT2D eigenvalue weighted by atomic mass is 19.1. The van der Waals surface area contributed by atoms with E-state index < -0.39 is 5.60 Å². The second-order valence-corrected chi connectivity index (χ2v) is 6.41. The molecule has 1 atom stereocenters. The van der Waals surface area contributed by atoms with Crippen LogP contribution < -0.4 is 5.32 Å². The zero-order chi connectivity index (χ0) is 15.5. The molecule has 0 aromatic heterocycles. The lowest BCUT2D eigenvalue weighted by Crippen LogP contribution is -2.57. The Hall–Kier alpha value is -1.53. The lowest BCUT2D eigenvalue weighted by molar-refractivity contribution is 0.0137. The third-order valence-electron chi connectivity index (χ3n) is 3.45. The Bertz CT molecular complexity index is 408. The Labute approximate surface area is 125 Å². The van der Waals surface area contributed by atoms with Crippen LogP contribution in [0.4, 0.5) is 9.18 Å². The van der Waals surface area contributed by atoms with Crippen LogP contribution in [0.25, 0.3) is 0 Å². The van der Waals surface area contributed by atoms with Crippen molar-refractivity contribution in [2.45, 2.75) is 38.8 Å². The van der Waals surface area contributed by atoms with E-state index in [1.807, 2.05) is 20.8 Å². The number of ether oxygens (including phenoxy) is 1. The van der Waals surface area contributed by atoms with Gasteiger partial charge in [0.15, 0.2) is 5.96 Å². The maximum absolute atomic E-state index is 12.1. The first kappa shape index (κ1) is 15.9. The van der Waals surface area contributed by atoms with Crippen LogP contribution in [0.2, 0.25) is 0 Å². The van der Waals surface area contributed by atoms with Crippen LogP contribution in [0.1, 0.15) is 27.2 Å². The highest BCUT2D eigenvalue weighted by molar-refractivity contribution is 5.82. The van der Waals surface area contributed by atoms with Gasteiger partial charge in [-0.05, 0) is 27.2 Å². The molecule has 0 aliphatic carbocycles. The molecule has 0 saturated carbocycles. The second kappa shape index (κ2) is 6.49. The molecule has 2 aliphatic rings. The number of hydrogen-bond donors (Lipinski definition) is 1. The quantitative estimate of drug-likeness (QED) is 0.797. The highest BCUT2D eigenvalue weighted by Crippen LogP contribution is 2.18. The summed E-state index contributed by atoms with van der Waals surface area (Å²) in [5.41, 5.74) is -0.473. The van der Waals surface area contributed by atoms with Gasteiger partial charge in [-0.3, -0.25) is 9.38 Å². The summed E-state index contributed by atoms with van der Waals surface area (Å²) in [6.07, 6.45) is 0.225. The lowest BCUT2D eigenvalue weighted by atomic mass is 10.2. The zero-order valence-electron chi connectivity index (χ0n) is 13.1. The molecule has 2 aliphatic heterocycles. The van der Waals surface area contributed by atoms with Gasteiger partial charge in [0.25, 0.3) is 0 Å². The number of aliphatic imine (C=N–C) groups is 1. The van der Waals surface area contributed by atoms with Crippen molar-refractivity contribution in [3.8, 4) is 0 Å². The molecule has 120 valence electrons. The van der Waals surface area contributed by atoms with Crippen LogP contribution in [0.3, 0.4) is 0 Å². The lowest BCUT2D eigenvalue weighted by Gasteiger charge is -2.39. The molecule has 0 spiro atoms. The first-order chi connectivity index (χ1) is 9.90. The molecule has 0 bridgehead atoms. The summed E-state index contributed by atoms with van der Waals surface area (Å²) in [5, 5.41) is 3.17. The van der Waals surface area contributed by atoms with E-state index in [2.05, 4.69) is 15.2 Å². The maximum atomic E-state index is 12.1. The first-order valence-electron chi connectivity index (χ1n) is 7.49. The van der Waals surface area contributed by atoms with Gasteiger partial charge in [-0.15, -0.1) is 0 Å². The molecule has 1 fully saturated rings. The molecule has 0 unspecified atom stereocenters. The predicted molar refractivity (Wildman–Crippen MR) is 79.2 cm³/mol. The van der Waals surface area contributed by atoms with Crippen LogP contribution in [-0.4, -0.2) is 72.9 Å². The van der Waals surface area contributed by atoms with Crippen LogP contribution >= 0.6 is 0 Å². The minimum Gasteiger partial charge on any atom is -0.444 e. The molecule has 21 heavy (non-hydrogen) atoms. The molecule has 0 aromatic rings. The van der Waals surface area contributed by atoms with E-state index in [0.717, 1.165) is 12.5 Å². The third kappa shape index (κ3) is 4.22. The molecule has 1 N–H and O–H groups in total. The normalized spacial score (nSPS) is 21.9. The number of carbonyl (C=O) groups is 1. The van der Waals surface area contributed by atoms with Gasteiger partial charge in [0, 0.05) is 26.2 Å². The number of piperazine rings is 1. The predicted octanol–water partition coefficient (Wildman–Crippen LogP) is 1.23. The number of fused-ring (bicyclic) bond motifs is 1. The molecule has 0 radical (unpaired) electrons. The Morgan fingerprint density at radius 3 is 2.90 bits per heavy atom. The summed E-state index contributed by atoms with van der Waals surface area (Å²) in [4.78, 5) is 20.4. The largest absolute Gasteiger partial charge is 0.444 e. The SMILES string of the molecule is CC(C)(C)OC(=O)N1CCN2C(NCCCF)=NC[C@@H]2C1. The van der Waals surface area contributed by atoms with E-state index in [4.69, 9.17) is 4.74 Å². The number of amides is 1. The summed E-state index contributed by atoms with van der Waals surface area (Å²) in [6, 6.07) is 0.194. The number of carbonyl (C=O) groups excluding carboxylic acids is 1. The molecule has 2 rings (SSSR count). The van der Waals surface area contributed by atoms with E-state index >= 15 is 0 Å². The summed E-state index contributed by atoms with van der Waals surface area (Å²) >= 11 is 0. The standard InChI is InChI=1S/C14H25FN4O2/c1-14(2,3)21-13(20)18-7-8-19-11(10-18)9-17-12(19)16-6-4-5-15/h11H,4-10H2,1-3H3,(H,16,17)/t11-/m1/s1. The monoisotopic (exact) mass is 300 g/mol. The number of nitrogens with zero attached hydrogens (tertiary/aromatic N) is 3. The fourth-order valence-electron chi connectivity index (χ4n) is 2.49. The van der Waals surface area contributed by atoms with Gasteiger partial charge in [0.2, 0.25) is 0 Å². The Kier molecular flexibility index (Phi) is 4.90. The molecule has 1 saturated heterocycles. The van der Waals surface area contributed by atoms with Crippen molar-refractivity contribution in [2.24, 2.45) is 4.99 Å². The van der Waals surface area contributed by atoms with E-state index in [-0.39, 0.29) is 18.8 Å². The van der Waals surface area contributed by atoms with Crippen LogP contribution in [0, 0.1) is 0 Å². The van der Waals surface area contributed by atoms with Gasteiger partial charge in [-0.25, -0.2) is 4.79 Å². The number of rotatable bonds is 3. The first-order valence-corrected chi connectivity index (χ1v) is 7.49. The van der Waals surface area contributed by atoms with Crippen LogP contribution in [-0.2, 0) is 4.74 Å². The molecule has 7 heteroatoms. The van der Waals surface area contributed by atoms with E-state index in [9.17, 15) is 9.18 Å². The topological polar surface area (TPSA) is 57.2 Å². The average molecular weight is 300 g/mol. The molecule has 0 aromatic carbocycles. The van der Waals surface area contributed by atoms with E-state index in [0.29, 0.717) is 32.6 Å². The van der Waals surface area contributed by atoms with Gasteiger partial charge in [-0.2, -0.15) is 0 Å². The summed E-state index contributed by atoms with van der Waals surface area (Å²) in [5.74, 6) is 0.831. The maximum Gasteiger partial charge on any atom is 0.410 e. The summed E-state index contributed by atoms with van der Waals surface area (Å²) in [6.45, 7) is 8.50. The van der Waals surface area contributed by atoms with Crippen LogP contribution in [0.15, 0.2) is 4.99 Å². The van der Waals surface area contributed by atoms with Gasteiger partial charge in [0.1, 0.15) is 5.60 Å². The second-order valence-electron chi connectivity index (χ2n) is 6.41. The number of alkyl halides is 1. The number of nitrogens with one attached hydrogen (secondary N) is 1. The van der Waals surface area contributed by atoms with Gasteiger partial charge in [-0.1, -0.05) is 0 Å². The molecule has 2 heterocycles. The number of halogens is 1. The van der Waals surface area contributed by atoms with Crippen molar-refractivity contribution in [2.75, 3.05) is 39.4 Å². The fraction of sp³-hybridized carbons (Fsp3) is 0.857. The Morgan fingerprint density at radius 2 is 2.24 bits per heavy atom. The minimum absolute atomic E-state index is 0.194. The van der Waals surface area contributed by atoms with Gasteiger partial charge in [0.05, 0.1) is 19.3 Å². The van der Waals surface area contributed by atoms with Crippen molar-refractivity contribution in [3.63, 3.8) is 0 Å². The number of hydrogen-bond acceptors (Lipinski definition) is 5. The molecular formula is C14H25FN4O2. The smallest absolute Gasteiger partial charge is 0.410 e. The highest BCUT2D eigenvalue weighted by Gasteiger charge is 2.36. The Morgan fingerprint density at radius 1 is 1.48 bits per heavy atom. The molecule has 1 amide bonds. The summed E-state index contributed by atoms with van der Waals surface area (Å²) in [7, 11) is 0. The van der Waals surface area contributed by atoms with Crippen molar-refractivity contribution in [1.82, 2.24) is 15.1 Å². The van der Waals surface area contributed by atoms with Crippen molar-refractivity contribution >= 4 is 12.1 Å². The zero-order valence-corrected chi connectivity index (χ0v) is 13.1. The fourth-order valence-corrected chi connectivity index (χ4v) is 2.49. The molecule has 6 nitrogen and oxygen atoms in total. The van der Waals surface area contributed by atoms with E-state index in [1.165, 1.54) is 0 Å². The Balaban J connectivity index is 1.83. The summed E-state index contributed by atoms with van der Waals surface area (Å²) < 4.78 is 17.5. The van der Waals surface area contributed by atoms with Crippen molar-refractivity contribution < 1.29 is 13.9 Å².